The Morgan fingerprint density at radius 3 is 2.70 bits per heavy atom. The normalized spacial score (nSPS) is 10.9. The van der Waals surface area contributed by atoms with Gasteiger partial charge in [0.15, 0.2) is 11.0 Å². The maximum absolute atomic E-state index is 12.8. The van der Waals surface area contributed by atoms with Crippen molar-refractivity contribution in [1.82, 2.24) is 19.7 Å². The summed E-state index contributed by atoms with van der Waals surface area (Å²) >= 11 is 7.29. The molecule has 4 aromatic rings. The van der Waals surface area contributed by atoms with Gasteiger partial charge in [0, 0.05) is 24.2 Å². The standard InChI is InChI=1S/C24H23ClN4O3S/c1-28(14-17-8-10-19(25)11-9-17)22(30)16-33-24-27-26-23(18-5-3-6-20(13-18)31-2)29(24)15-21-7-4-12-32-21/h3-13H,14-16H2,1-2H3. The molecule has 0 fully saturated rings. The van der Waals surface area contributed by atoms with Crippen LogP contribution in [0.3, 0.4) is 0 Å². The Bertz CT molecular complexity index is 1210. The second-order valence-electron chi connectivity index (χ2n) is 7.37. The van der Waals surface area contributed by atoms with E-state index in [2.05, 4.69) is 10.2 Å². The Kier molecular flexibility index (Phi) is 7.36. The van der Waals surface area contributed by atoms with E-state index in [1.807, 2.05) is 65.2 Å². The second kappa shape index (κ2) is 10.6. The number of rotatable bonds is 9. The summed E-state index contributed by atoms with van der Waals surface area (Å²) < 4.78 is 12.8. The van der Waals surface area contributed by atoms with Crippen LogP contribution in [0.4, 0.5) is 0 Å². The third-order valence-electron chi connectivity index (χ3n) is 5.02. The minimum atomic E-state index is -0.00886. The van der Waals surface area contributed by atoms with E-state index in [1.54, 1.807) is 25.3 Å². The van der Waals surface area contributed by atoms with E-state index in [0.717, 1.165) is 22.6 Å². The van der Waals surface area contributed by atoms with Crippen LogP contribution < -0.4 is 4.74 Å². The van der Waals surface area contributed by atoms with E-state index in [9.17, 15) is 4.79 Å². The first-order chi connectivity index (χ1) is 16.0. The zero-order valence-electron chi connectivity index (χ0n) is 18.3. The van der Waals surface area contributed by atoms with Crippen molar-refractivity contribution < 1.29 is 13.9 Å². The third kappa shape index (κ3) is 5.77. The number of nitrogens with zero attached hydrogens (tertiary/aromatic N) is 4. The van der Waals surface area contributed by atoms with Gasteiger partial charge in [0.1, 0.15) is 11.5 Å². The molecule has 0 atom stereocenters. The number of ether oxygens (including phenoxy) is 1. The Balaban J connectivity index is 1.51. The first kappa shape index (κ1) is 22.9. The van der Waals surface area contributed by atoms with Gasteiger partial charge in [-0.15, -0.1) is 10.2 Å². The molecule has 0 bridgehead atoms. The first-order valence-electron chi connectivity index (χ1n) is 10.2. The summed E-state index contributed by atoms with van der Waals surface area (Å²) in [5.41, 5.74) is 1.88. The van der Waals surface area contributed by atoms with Crippen molar-refractivity contribution in [2.75, 3.05) is 19.9 Å². The van der Waals surface area contributed by atoms with Gasteiger partial charge in [0.25, 0.3) is 0 Å². The predicted octanol–water partition coefficient (Wildman–Crippen LogP) is 5.00. The van der Waals surface area contributed by atoms with Gasteiger partial charge >= 0.3 is 0 Å². The van der Waals surface area contributed by atoms with Gasteiger partial charge in [-0.2, -0.15) is 0 Å². The Hall–Kier alpha value is -3.23. The van der Waals surface area contributed by atoms with Crippen molar-refractivity contribution in [2.45, 2.75) is 18.2 Å². The molecule has 2 aromatic heterocycles. The molecule has 0 N–H and O–H groups in total. The molecule has 4 rings (SSSR count). The molecule has 0 aliphatic heterocycles. The van der Waals surface area contributed by atoms with E-state index in [4.69, 9.17) is 20.8 Å². The van der Waals surface area contributed by atoms with E-state index in [1.165, 1.54) is 11.8 Å². The largest absolute Gasteiger partial charge is 0.497 e. The van der Waals surface area contributed by atoms with E-state index < -0.39 is 0 Å². The van der Waals surface area contributed by atoms with E-state index >= 15 is 0 Å². The zero-order valence-corrected chi connectivity index (χ0v) is 19.8. The van der Waals surface area contributed by atoms with Crippen molar-refractivity contribution in [3.8, 4) is 17.1 Å². The highest BCUT2D eigenvalue weighted by Crippen LogP contribution is 2.28. The second-order valence-corrected chi connectivity index (χ2v) is 8.75. The average Bonchev–Trinajstić information content (AvgIpc) is 3.49. The van der Waals surface area contributed by atoms with Crippen LogP contribution in [-0.4, -0.2) is 45.5 Å². The number of hydrogen-bond donors (Lipinski definition) is 0. The Labute approximate surface area is 201 Å². The lowest BCUT2D eigenvalue weighted by atomic mass is 10.2. The molecular weight excluding hydrogens is 460 g/mol. The van der Waals surface area contributed by atoms with E-state index in [0.29, 0.717) is 29.1 Å². The van der Waals surface area contributed by atoms with Gasteiger partial charge in [0.05, 0.1) is 25.7 Å². The molecule has 0 saturated carbocycles. The number of aromatic nitrogens is 3. The molecule has 2 aromatic carbocycles. The summed E-state index contributed by atoms with van der Waals surface area (Å²) in [5.74, 6) is 2.40. The number of halogens is 1. The molecule has 0 aliphatic rings. The van der Waals surface area contributed by atoms with Crippen LogP contribution in [0.2, 0.25) is 5.02 Å². The zero-order chi connectivity index (χ0) is 23.2. The number of carbonyl (C=O) groups is 1. The summed E-state index contributed by atoms with van der Waals surface area (Å²) in [6.07, 6.45) is 1.63. The molecule has 0 saturated heterocycles. The lowest BCUT2D eigenvalue weighted by molar-refractivity contribution is -0.127. The summed E-state index contributed by atoms with van der Waals surface area (Å²) in [6, 6.07) is 18.8. The molecule has 0 spiro atoms. The molecule has 1 amide bonds. The quantitative estimate of drug-likeness (QED) is 0.312. The number of furan rings is 1. The van der Waals surface area contributed by atoms with E-state index in [-0.39, 0.29) is 11.7 Å². The molecule has 7 nitrogen and oxygen atoms in total. The van der Waals surface area contributed by atoms with Crippen LogP contribution in [0.1, 0.15) is 11.3 Å². The fraction of sp³-hybridized carbons (Fsp3) is 0.208. The molecule has 0 radical (unpaired) electrons. The van der Waals surface area contributed by atoms with Crippen LogP contribution in [0, 0.1) is 0 Å². The van der Waals surface area contributed by atoms with Crippen molar-refractivity contribution in [1.29, 1.82) is 0 Å². The summed E-state index contributed by atoms with van der Waals surface area (Å²) in [5, 5.41) is 10.1. The highest BCUT2D eigenvalue weighted by atomic mass is 35.5. The highest BCUT2D eigenvalue weighted by molar-refractivity contribution is 7.99. The molecule has 33 heavy (non-hydrogen) atoms. The number of carbonyl (C=O) groups excluding carboxylic acids is 1. The molecule has 170 valence electrons. The fourth-order valence-corrected chi connectivity index (χ4v) is 4.26. The molecule has 0 aliphatic carbocycles. The smallest absolute Gasteiger partial charge is 0.233 e. The predicted molar refractivity (Wildman–Crippen MR) is 128 cm³/mol. The van der Waals surface area contributed by atoms with Gasteiger partial charge in [-0.05, 0) is 42.0 Å². The number of benzene rings is 2. The third-order valence-corrected chi connectivity index (χ3v) is 6.23. The maximum Gasteiger partial charge on any atom is 0.233 e. The molecule has 9 heteroatoms. The van der Waals surface area contributed by atoms with Gasteiger partial charge in [0.2, 0.25) is 5.91 Å². The Morgan fingerprint density at radius 2 is 1.97 bits per heavy atom. The van der Waals surface area contributed by atoms with Crippen LogP contribution >= 0.6 is 23.4 Å². The van der Waals surface area contributed by atoms with Gasteiger partial charge in [-0.25, -0.2) is 0 Å². The fourth-order valence-electron chi connectivity index (χ4n) is 3.26. The number of amides is 1. The van der Waals surface area contributed by atoms with Crippen molar-refractivity contribution in [2.24, 2.45) is 0 Å². The van der Waals surface area contributed by atoms with Crippen LogP contribution in [0.25, 0.3) is 11.4 Å². The first-order valence-corrected chi connectivity index (χ1v) is 11.6. The minimum Gasteiger partial charge on any atom is -0.497 e. The SMILES string of the molecule is COc1cccc(-c2nnc(SCC(=O)N(C)Cc3ccc(Cl)cc3)n2Cc2ccco2)c1. The van der Waals surface area contributed by atoms with Gasteiger partial charge in [-0.3, -0.25) is 9.36 Å². The highest BCUT2D eigenvalue weighted by Gasteiger charge is 2.18. The van der Waals surface area contributed by atoms with Crippen LogP contribution in [0.15, 0.2) is 76.5 Å². The lowest BCUT2D eigenvalue weighted by Crippen LogP contribution is -2.27. The summed E-state index contributed by atoms with van der Waals surface area (Å²) in [6.45, 7) is 0.953. The van der Waals surface area contributed by atoms with Crippen molar-refractivity contribution in [3.05, 3.63) is 83.3 Å². The van der Waals surface area contributed by atoms with Crippen molar-refractivity contribution in [3.63, 3.8) is 0 Å². The van der Waals surface area contributed by atoms with Gasteiger partial charge < -0.3 is 14.1 Å². The molecule has 0 unspecified atom stereocenters. The van der Waals surface area contributed by atoms with Crippen molar-refractivity contribution >= 4 is 29.3 Å². The van der Waals surface area contributed by atoms with Crippen LogP contribution in [-0.2, 0) is 17.9 Å². The van der Waals surface area contributed by atoms with Crippen LogP contribution in [0.5, 0.6) is 5.75 Å². The topological polar surface area (TPSA) is 73.4 Å². The summed E-state index contributed by atoms with van der Waals surface area (Å²) in [4.78, 5) is 14.4. The number of hydrogen-bond acceptors (Lipinski definition) is 6. The summed E-state index contributed by atoms with van der Waals surface area (Å²) in [7, 11) is 3.41. The monoisotopic (exact) mass is 482 g/mol. The number of methoxy groups -OCH3 is 1. The molecule has 2 heterocycles. The minimum absolute atomic E-state index is 0.00886. The average molecular weight is 483 g/mol. The lowest BCUT2D eigenvalue weighted by Gasteiger charge is -2.17. The Morgan fingerprint density at radius 1 is 1.15 bits per heavy atom. The molecular formula is C24H23ClN4O3S. The number of thioether (sulfide) groups is 1. The van der Waals surface area contributed by atoms with Gasteiger partial charge in [-0.1, -0.05) is 47.6 Å². The maximum atomic E-state index is 12.8.